The van der Waals surface area contributed by atoms with Crippen molar-refractivity contribution in [1.29, 1.82) is 0 Å². The average molecular weight is 291 g/mol. The number of nitrogens with zero attached hydrogens (tertiary/aromatic N) is 3. The number of halogens is 1. The summed E-state index contributed by atoms with van der Waals surface area (Å²) in [6, 6.07) is 4.12. The van der Waals surface area contributed by atoms with Crippen molar-refractivity contribution in [1.82, 2.24) is 20.2 Å². The van der Waals surface area contributed by atoms with E-state index in [0.29, 0.717) is 17.5 Å². The molecule has 0 fully saturated rings. The van der Waals surface area contributed by atoms with Gasteiger partial charge in [0, 0.05) is 24.0 Å². The first kappa shape index (κ1) is 15.1. The van der Waals surface area contributed by atoms with Crippen LogP contribution in [-0.4, -0.2) is 20.7 Å². The standard InChI is InChI=1S/C14H18FN5O/c1-3-12-17-13(4-2)20(19-12)8-10-7-9(14(21)18-16)5-6-11(10)15/h5-7H,3-4,8,16H2,1-2H3,(H,18,21). The van der Waals surface area contributed by atoms with Crippen LogP contribution in [0.5, 0.6) is 0 Å². The number of nitrogens with one attached hydrogen (secondary N) is 1. The van der Waals surface area contributed by atoms with E-state index in [2.05, 4.69) is 10.1 Å². The van der Waals surface area contributed by atoms with Crippen LogP contribution in [0.15, 0.2) is 18.2 Å². The van der Waals surface area contributed by atoms with Gasteiger partial charge in [-0.25, -0.2) is 19.9 Å². The normalized spacial score (nSPS) is 10.7. The van der Waals surface area contributed by atoms with Gasteiger partial charge in [-0.2, -0.15) is 5.10 Å². The van der Waals surface area contributed by atoms with Crippen molar-refractivity contribution >= 4 is 5.91 Å². The van der Waals surface area contributed by atoms with E-state index in [4.69, 9.17) is 5.84 Å². The second-order valence-corrected chi connectivity index (χ2v) is 4.59. The molecule has 0 unspecified atom stereocenters. The van der Waals surface area contributed by atoms with Gasteiger partial charge in [-0.3, -0.25) is 10.2 Å². The number of benzene rings is 1. The zero-order valence-corrected chi connectivity index (χ0v) is 12.1. The number of hydrogen-bond donors (Lipinski definition) is 2. The molecule has 0 aliphatic heterocycles. The number of aromatic nitrogens is 3. The van der Waals surface area contributed by atoms with Crippen LogP contribution in [-0.2, 0) is 19.4 Å². The summed E-state index contributed by atoms with van der Waals surface area (Å²) in [7, 11) is 0. The van der Waals surface area contributed by atoms with Gasteiger partial charge in [0.2, 0.25) is 0 Å². The molecule has 112 valence electrons. The highest BCUT2D eigenvalue weighted by Gasteiger charge is 2.12. The molecule has 0 spiro atoms. The first-order chi connectivity index (χ1) is 10.1. The summed E-state index contributed by atoms with van der Waals surface area (Å²) in [5, 5.41) is 4.34. The lowest BCUT2D eigenvalue weighted by Gasteiger charge is -2.08. The van der Waals surface area contributed by atoms with Gasteiger partial charge in [-0.15, -0.1) is 0 Å². The van der Waals surface area contributed by atoms with Crippen molar-refractivity contribution in [2.75, 3.05) is 0 Å². The Bertz CT molecular complexity index is 653. The number of nitrogens with two attached hydrogens (primary N) is 1. The number of rotatable bonds is 5. The topological polar surface area (TPSA) is 85.8 Å². The van der Waals surface area contributed by atoms with E-state index in [1.807, 2.05) is 19.3 Å². The minimum atomic E-state index is -0.459. The van der Waals surface area contributed by atoms with Gasteiger partial charge in [0.05, 0.1) is 6.54 Å². The zero-order valence-electron chi connectivity index (χ0n) is 12.1. The molecule has 2 rings (SSSR count). The van der Waals surface area contributed by atoms with Gasteiger partial charge >= 0.3 is 0 Å². The van der Waals surface area contributed by atoms with E-state index in [9.17, 15) is 9.18 Å². The van der Waals surface area contributed by atoms with Crippen LogP contribution < -0.4 is 11.3 Å². The molecule has 1 amide bonds. The molecular weight excluding hydrogens is 273 g/mol. The SMILES string of the molecule is CCc1nc(CC)n(Cc2cc(C(=O)NN)ccc2F)n1. The van der Waals surface area contributed by atoms with Gasteiger partial charge < -0.3 is 0 Å². The van der Waals surface area contributed by atoms with Gasteiger partial charge in [0.25, 0.3) is 5.91 Å². The minimum Gasteiger partial charge on any atom is -0.290 e. The number of hydrogen-bond acceptors (Lipinski definition) is 4. The number of nitrogen functional groups attached to an aromatic ring is 1. The molecule has 0 aliphatic carbocycles. The van der Waals surface area contributed by atoms with Gasteiger partial charge in [0.1, 0.15) is 11.6 Å². The van der Waals surface area contributed by atoms with Gasteiger partial charge in [-0.05, 0) is 18.2 Å². The van der Waals surface area contributed by atoms with Crippen molar-refractivity contribution < 1.29 is 9.18 Å². The minimum absolute atomic E-state index is 0.230. The van der Waals surface area contributed by atoms with Gasteiger partial charge in [-0.1, -0.05) is 13.8 Å². The average Bonchev–Trinajstić information content (AvgIpc) is 2.90. The predicted octanol–water partition coefficient (Wildman–Crippen LogP) is 1.19. The Kier molecular flexibility index (Phi) is 4.64. The molecule has 1 aromatic carbocycles. The lowest BCUT2D eigenvalue weighted by molar-refractivity contribution is 0.0953. The summed E-state index contributed by atoms with van der Waals surface area (Å²) in [5.74, 6) is 5.76. The molecule has 3 N–H and O–H groups in total. The number of hydrazine groups is 1. The van der Waals surface area contributed by atoms with Crippen molar-refractivity contribution in [3.8, 4) is 0 Å². The maximum absolute atomic E-state index is 13.9. The Morgan fingerprint density at radius 3 is 2.76 bits per heavy atom. The highest BCUT2D eigenvalue weighted by atomic mass is 19.1. The van der Waals surface area contributed by atoms with Crippen LogP contribution in [0.3, 0.4) is 0 Å². The van der Waals surface area contributed by atoms with Crippen LogP contribution >= 0.6 is 0 Å². The molecule has 2 aromatic rings. The van der Waals surface area contributed by atoms with E-state index >= 15 is 0 Å². The zero-order chi connectivity index (χ0) is 15.4. The Balaban J connectivity index is 2.34. The molecule has 0 atom stereocenters. The summed E-state index contributed by atoms with van der Waals surface area (Å²) in [5.41, 5.74) is 2.71. The highest BCUT2D eigenvalue weighted by Crippen LogP contribution is 2.13. The number of carbonyl (C=O) groups excluding carboxylic acids is 1. The summed E-state index contributed by atoms with van der Waals surface area (Å²) in [6.45, 7) is 4.16. The smallest absolute Gasteiger partial charge is 0.265 e. The number of aryl methyl sites for hydroxylation is 2. The van der Waals surface area contributed by atoms with Crippen LogP contribution in [0.1, 0.15) is 41.4 Å². The van der Waals surface area contributed by atoms with Crippen molar-refractivity contribution in [2.45, 2.75) is 33.2 Å². The third-order valence-electron chi connectivity index (χ3n) is 3.18. The predicted molar refractivity (Wildman–Crippen MR) is 75.9 cm³/mol. The fourth-order valence-corrected chi connectivity index (χ4v) is 2.05. The third-order valence-corrected chi connectivity index (χ3v) is 3.18. The molecule has 0 bridgehead atoms. The highest BCUT2D eigenvalue weighted by molar-refractivity contribution is 5.93. The quantitative estimate of drug-likeness (QED) is 0.492. The molecular formula is C14H18FN5O. The molecule has 0 aliphatic rings. The number of amides is 1. The van der Waals surface area contributed by atoms with Crippen LogP contribution in [0.4, 0.5) is 4.39 Å². The fourth-order valence-electron chi connectivity index (χ4n) is 2.05. The second-order valence-electron chi connectivity index (χ2n) is 4.59. The van der Waals surface area contributed by atoms with Crippen molar-refractivity contribution in [3.05, 3.63) is 46.8 Å². The van der Waals surface area contributed by atoms with E-state index in [1.54, 1.807) is 4.68 Å². The Hall–Kier alpha value is -2.28. The second kappa shape index (κ2) is 6.45. The summed E-state index contributed by atoms with van der Waals surface area (Å²) < 4.78 is 15.6. The van der Waals surface area contributed by atoms with Crippen LogP contribution in [0, 0.1) is 5.82 Å². The Morgan fingerprint density at radius 1 is 1.38 bits per heavy atom. The summed E-state index contributed by atoms with van der Waals surface area (Å²) in [4.78, 5) is 15.9. The molecule has 0 radical (unpaired) electrons. The summed E-state index contributed by atoms with van der Waals surface area (Å²) >= 11 is 0. The van der Waals surface area contributed by atoms with Crippen LogP contribution in [0.2, 0.25) is 0 Å². The molecule has 7 heteroatoms. The van der Waals surface area contributed by atoms with Crippen molar-refractivity contribution in [3.63, 3.8) is 0 Å². The molecule has 1 aromatic heterocycles. The van der Waals surface area contributed by atoms with E-state index in [-0.39, 0.29) is 12.4 Å². The first-order valence-corrected chi connectivity index (χ1v) is 6.81. The van der Waals surface area contributed by atoms with Crippen LogP contribution in [0.25, 0.3) is 0 Å². The van der Waals surface area contributed by atoms with E-state index < -0.39 is 5.91 Å². The molecule has 0 saturated heterocycles. The first-order valence-electron chi connectivity index (χ1n) is 6.81. The number of carbonyl (C=O) groups is 1. The largest absolute Gasteiger partial charge is 0.290 e. The maximum atomic E-state index is 13.9. The Morgan fingerprint density at radius 2 is 2.14 bits per heavy atom. The Labute approximate surface area is 122 Å². The lowest BCUT2D eigenvalue weighted by atomic mass is 10.1. The monoisotopic (exact) mass is 291 g/mol. The fraction of sp³-hybridized carbons (Fsp3) is 0.357. The molecule has 21 heavy (non-hydrogen) atoms. The third kappa shape index (κ3) is 3.25. The van der Waals surface area contributed by atoms with Gasteiger partial charge in [0.15, 0.2) is 5.82 Å². The van der Waals surface area contributed by atoms with E-state index in [1.165, 1.54) is 18.2 Å². The molecule has 6 nitrogen and oxygen atoms in total. The molecule has 0 saturated carbocycles. The lowest BCUT2D eigenvalue weighted by Crippen LogP contribution is -2.30. The molecule has 1 heterocycles. The maximum Gasteiger partial charge on any atom is 0.265 e. The van der Waals surface area contributed by atoms with E-state index in [0.717, 1.165) is 18.1 Å². The van der Waals surface area contributed by atoms with Crippen molar-refractivity contribution in [2.24, 2.45) is 5.84 Å². The summed E-state index contributed by atoms with van der Waals surface area (Å²) in [6.07, 6.45) is 1.43.